The van der Waals surface area contributed by atoms with Crippen LogP contribution in [0, 0.1) is 5.82 Å². The van der Waals surface area contributed by atoms with Crippen LogP contribution >= 0.6 is 0 Å². The Labute approximate surface area is 175 Å². The molecule has 2 heterocycles. The first-order valence-electron chi connectivity index (χ1n) is 10.1. The Morgan fingerprint density at radius 2 is 1.97 bits per heavy atom. The highest BCUT2D eigenvalue weighted by atomic mass is 19.1. The quantitative estimate of drug-likeness (QED) is 0.646. The van der Waals surface area contributed by atoms with Crippen LogP contribution in [0.4, 0.5) is 15.8 Å². The van der Waals surface area contributed by atoms with Crippen LogP contribution in [0.5, 0.6) is 5.75 Å². The van der Waals surface area contributed by atoms with Crippen molar-refractivity contribution in [2.45, 2.75) is 25.0 Å². The molecule has 8 heteroatoms. The first kappa shape index (κ1) is 20.6. The van der Waals surface area contributed by atoms with Gasteiger partial charge < -0.3 is 19.7 Å². The lowest BCUT2D eigenvalue weighted by molar-refractivity contribution is -0.117. The zero-order valence-electron chi connectivity index (χ0n) is 17.2. The number of anilines is 2. The molecule has 0 aliphatic carbocycles. The molecular formula is C22H27FN4O3. The fraction of sp³-hybridized carbons (Fsp3) is 0.409. The number of hydrogen-bond donors (Lipinski definition) is 3. The third-order valence-corrected chi connectivity index (χ3v) is 5.65. The van der Waals surface area contributed by atoms with Crippen LogP contribution < -0.4 is 25.8 Å². The lowest BCUT2D eigenvalue weighted by Crippen LogP contribution is -2.33. The van der Waals surface area contributed by atoms with Crippen LogP contribution in [-0.2, 0) is 16.1 Å². The van der Waals surface area contributed by atoms with Crippen molar-refractivity contribution < 1.29 is 18.7 Å². The van der Waals surface area contributed by atoms with Crippen LogP contribution in [-0.4, -0.2) is 45.8 Å². The van der Waals surface area contributed by atoms with Gasteiger partial charge in [-0.2, -0.15) is 0 Å². The molecular weight excluding hydrogens is 387 g/mol. The number of methoxy groups -OCH3 is 2. The number of halogens is 1. The van der Waals surface area contributed by atoms with Gasteiger partial charge in [0.05, 0.1) is 13.7 Å². The Morgan fingerprint density at radius 1 is 1.17 bits per heavy atom. The van der Waals surface area contributed by atoms with Crippen molar-refractivity contribution in [2.24, 2.45) is 0 Å². The van der Waals surface area contributed by atoms with Crippen LogP contribution in [0.25, 0.3) is 0 Å². The third-order valence-electron chi connectivity index (χ3n) is 5.65. The molecule has 2 saturated heterocycles. The highest BCUT2D eigenvalue weighted by Gasteiger charge is 2.33. The van der Waals surface area contributed by atoms with Gasteiger partial charge in [-0.15, -0.1) is 0 Å². The van der Waals surface area contributed by atoms with Crippen molar-refractivity contribution in [1.82, 2.24) is 10.9 Å². The van der Waals surface area contributed by atoms with Gasteiger partial charge >= 0.3 is 0 Å². The molecule has 2 aliphatic rings. The van der Waals surface area contributed by atoms with Gasteiger partial charge in [0.1, 0.15) is 17.6 Å². The Hall–Kier alpha value is -2.68. The summed E-state index contributed by atoms with van der Waals surface area (Å²) in [5.74, 6) is 0.347. The lowest BCUT2D eigenvalue weighted by Gasteiger charge is -2.21. The molecule has 2 aliphatic heterocycles. The molecule has 0 bridgehead atoms. The minimum atomic E-state index is -0.412. The second-order valence-corrected chi connectivity index (χ2v) is 7.63. The number of nitrogens with zero attached hydrogens (tertiary/aromatic N) is 1. The second kappa shape index (κ2) is 8.99. The van der Waals surface area contributed by atoms with E-state index in [0.29, 0.717) is 36.9 Å². The molecule has 0 radical (unpaired) electrons. The van der Waals surface area contributed by atoms with Gasteiger partial charge in [-0.1, -0.05) is 6.07 Å². The van der Waals surface area contributed by atoms with E-state index in [1.54, 1.807) is 18.1 Å². The van der Waals surface area contributed by atoms with Crippen molar-refractivity contribution in [2.75, 3.05) is 44.1 Å². The summed E-state index contributed by atoms with van der Waals surface area (Å²) in [6.45, 7) is 2.82. The van der Waals surface area contributed by atoms with Crippen LogP contribution in [0.2, 0.25) is 0 Å². The lowest BCUT2D eigenvalue weighted by atomic mass is 9.94. The molecule has 2 aromatic rings. The molecule has 1 atom stereocenters. The number of carbonyl (C=O) groups excluding carboxylic acids is 1. The van der Waals surface area contributed by atoms with Gasteiger partial charge in [0.15, 0.2) is 0 Å². The molecule has 1 amide bonds. The van der Waals surface area contributed by atoms with E-state index in [9.17, 15) is 9.18 Å². The molecule has 0 saturated carbocycles. The summed E-state index contributed by atoms with van der Waals surface area (Å²) < 4.78 is 24.3. The molecule has 3 N–H and O–H groups in total. The number of amides is 1. The number of hydrazine groups is 1. The maximum atomic E-state index is 13.8. The average molecular weight is 414 g/mol. The first-order chi connectivity index (χ1) is 14.6. The summed E-state index contributed by atoms with van der Waals surface area (Å²) >= 11 is 0. The monoisotopic (exact) mass is 414 g/mol. The number of benzene rings is 2. The standard InChI is InChI=1S/C22H27FN4O3/c1-29-13-14-7-18(3-4-20(14)15-11-24-25-12-15)27-6-5-21(22(27)28)26-17-8-16(23)9-19(10-17)30-2/h3-4,7-10,15,21,24-26H,5-6,11-13H2,1-2H3. The van der Waals surface area contributed by atoms with E-state index in [4.69, 9.17) is 9.47 Å². The fourth-order valence-electron chi connectivity index (χ4n) is 4.16. The number of carbonyl (C=O) groups is 1. The Morgan fingerprint density at radius 3 is 2.70 bits per heavy atom. The zero-order valence-corrected chi connectivity index (χ0v) is 17.2. The molecule has 0 spiro atoms. The van der Waals surface area contributed by atoms with Crippen molar-refractivity contribution in [3.8, 4) is 5.75 Å². The van der Waals surface area contributed by atoms with Crippen molar-refractivity contribution in [1.29, 1.82) is 0 Å². The summed E-state index contributed by atoms with van der Waals surface area (Å²) in [7, 11) is 3.16. The molecule has 30 heavy (non-hydrogen) atoms. The van der Waals surface area contributed by atoms with Gasteiger partial charge in [-0.05, 0) is 35.7 Å². The zero-order chi connectivity index (χ0) is 21.1. The second-order valence-electron chi connectivity index (χ2n) is 7.63. The number of hydrogen-bond acceptors (Lipinski definition) is 6. The van der Waals surface area contributed by atoms with Gasteiger partial charge in [-0.25, -0.2) is 4.39 Å². The number of rotatable bonds is 7. The van der Waals surface area contributed by atoms with Crippen molar-refractivity contribution in [3.05, 3.63) is 53.3 Å². The highest BCUT2D eigenvalue weighted by Crippen LogP contribution is 2.30. The maximum absolute atomic E-state index is 13.8. The van der Waals surface area contributed by atoms with Gasteiger partial charge in [0.25, 0.3) is 0 Å². The highest BCUT2D eigenvalue weighted by molar-refractivity contribution is 6.01. The summed E-state index contributed by atoms with van der Waals surface area (Å²) in [5.41, 5.74) is 10.0. The van der Waals surface area contributed by atoms with Gasteiger partial charge in [0.2, 0.25) is 5.91 Å². The van der Waals surface area contributed by atoms with E-state index >= 15 is 0 Å². The predicted octanol–water partition coefficient (Wildman–Crippen LogP) is 2.39. The van der Waals surface area contributed by atoms with Crippen LogP contribution in [0.3, 0.4) is 0 Å². The fourth-order valence-corrected chi connectivity index (χ4v) is 4.16. The molecule has 7 nitrogen and oxygen atoms in total. The molecule has 0 aromatic heterocycles. The minimum absolute atomic E-state index is 0.0291. The van der Waals surface area contributed by atoms with E-state index in [-0.39, 0.29) is 5.91 Å². The molecule has 2 fully saturated rings. The molecule has 4 rings (SSSR count). The molecule has 1 unspecified atom stereocenters. The number of ether oxygens (including phenoxy) is 2. The summed E-state index contributed by atoms with van der Waals surface area (Å²) in [4.78, 5) is 14.8. The SMILES string of the molecule is COCc1cc(N2CCC(Nc3cc(F)cc(OC)c3)C2=O)ccc1C1CNNC1. The van der Waals surface area contributed by atoms with Crippen molar-refractivity contribution in [3.63, 3.8) is 0 Å². The van der Waals surface area contributed by atoms with E-state index in [1.807, 2.05) is 12.1 Å². The Balaban J connectivity index is 1.51. The van der Waals surface area contributed by atoms with E-state index < -0.39 is 11.9 Å². The number of nitrogens with one attached hydrogen (secondary N) is 3. The average Bonchev–Trinajstić information content (AvgIpc) is 3.39. The van der Waals surface area contributed by atoms with Gasteiger partial charge in [-0.3, -0.25) is 15.6 Å². The Kier molecular flexibility index (Phi) is 6.17. The summed E-state index contributed by atoms with van der Waals surface area (Å²) in [6, 6.07) is 10.1. The first-order valence-corrected chi connectivity index (χ1v) is 10.1. The summed E-state index contributed by atoms with van der Waals surface area (Å²) in [5, 5.41) is 3.15. The van der Waals surface area contributed by atoms with Gasteiger partial charge in [0, 0.05) is 56.2 Å². The molecule has 2 aromatic carbocycles. The normalized spacial score (nSPS) is 19.5. The van der Waals surface area contributed by atoms with Crippen LogP contribution in [0.15, 0.2) is 36.4 Å². The Bertz CT molecular complexity index is 917. The molecule has 160 valence electrons. The predicted molar refractivity (Wildman–Crippen MR) is 113 cm³/mol. The maximum Gasteiger partial charge on any atom is 0.249 e. The van der Waals surface area contributed by atoms with Crippen molar-refractivity contribution >= 4 is 17.3 Å². The van der Waals surface area contributed by atoms with E-state index in [0.717, 1.165) is 24.3 Å². The topological polar surface area (TPSA) is 74.9 Å². The smallest absolute Gasteiger partial charge is 0.249 e. The largest absolute Gasteiger partial charge is 0.497 e. The summed E-state index contributed by atoms with van der Waals surface area (Å²) in [6.07, 6.45) is 0.634. The minimum Gasteiger partial charge on any atom is -0.497 e. The van der Waals surface area contributed by atoms with E-state index in [2.05, 4.69) is 22.2 Å². The third kappa shape index (κ3) is 4.26. The van der Waals surface area contributed by atoms with Crippen LogP contribution in [0.1, 0.15) is 23.5 Å². The van der Waals surface area contributed by atoms with E-state index in [1.165, 1.54) is 24.8 Å².